The van der Waals surface area contributed by atoms with Crippen molar-refractivity contribution in [2.45, 2.75) is 0 Å². The lowest BCUT2D eigenvalue weighted by molar-refractivity contribution is 0.0951. The highest BCUT2D eigenvalue weighted by molar-refractivity contribution is 6.28. The molecule has 1 aliphatic carbocycles. The Hall–Kier alpha value is -3.35. The fourth-order valence-electron chi connectivity index (χ4n) is 2.55. The minimum absolute atomic E-state index is 0.0315. The van der Waals surface area contributed by atoms with Gasteiger partial charge in [0.15, 0.2) is 0 Å². The largest absolute Gasteiger partial charge is 0.351 e. The maximum Gasteiger partial charge on any atom is 0.248 e. The number of nitrogens with zero attached hydrogens (tertiary/aromatic N) is 1. The molecule has 23 heavy (non-hydrogen) atoms. The highest BCUT2D eigenvalue weighted by Gasteiger charge is 2.37. The molecular formula is C16H7FN2O4. The van der Waals surface area contributed by atoms with Gasteiger partial charge in [-0.25, -0.2) is 4.39 Å². The van der Waals surface area contributed by atoms with Crippen molar-refractivity contribution in [3.8, 4) is 11.3 Å². The van der Waals surface area contributed by atoms with Crippen LogP contribution in [0.1, 0.15) is 32.2 Å². The monoisotopic (exact) mass is 310 g/mol. The van der Waals surface area contributed by atoms with E-state index in [1.165, 1.54) is 30.3 Å². The molecule has 7 heteroatoms. The van der Waals surface area contributed by atoms with E-state index >= 15 is 0 Å². The van der Waals surface area contributed by atoms with E-state index in [0.717, 1.165) is 6.07 Å². The zero-order valence-corrected chi connectivity index (χ0v) is 11.4. The summed E-state index contributed by atoms with van der Waals surface area (Å²) < 4.78 is 18.1. The molecule has 0 fully saturated rings. The van der Waals surface area contributed by atoms with Gasteiger partial charge in [-0.15, -0.1) is 0 Å². The van der Waals surface area contributed by atoms with Crippen molar-refractivity contribution in [2.24, 2.45) is 0 Å². The van der Waals surface area contributed by atoms with E-state index in [0.29, 0.717) is 5.56 Å². The number of nitrogens with one attached hydrogen (secondary N) is 1. The van der Waals surface area contributed by atoms with Crippen LogP contribution in [0.2, 0.25) is 0 Å². The number of hydrogen-bond donors (Lipinski definition) is 1. The van der Waals surface area contributed by atoms with Crippen molar-refractivity contribution in [1.29, 1.82) is 0 Å². The number of carbonyl (C=O) groups is 2. The molecule has 0 atom stereocenters. The van der Waals surface area contributed by atoms with Crippen molar-refractivity contribution < 1.29 is 18.5 Å². The molecule has 0 amide bonds. The maximum atomic E-state index is 13.0. The summed E-state index contributed by atoms with van der Waals surface area (Å²) in [5.41, 5.74) is 0.00235. The van der Waals surface area contributed by atoms with Crippen LogP contribution < -0.4 is 5.56 Å². The molecule has 0 unspecified atom stereocenters. The number of aromatic nitrogens is 2. The molecule has 1 aromatic carbocycles. The van der Waals surface area contributed by atoms with Crippen molar-refractivity contribution in [2.75, 3.05) is 0 Å². The average molecular weight is 310 g/mol. The molecule has 3 aromatic rings. The topological polar surface area (TPSA) is 93.0 Å². The van der Waals surface area contributed by atoms with E-state index in [4.69, 9.17) is 4.52 Å². The van der Waals surface area contributed by atoms with Crippen LogP contribution in [0.3, 0.4) is 0 Å². The Morgan fingerprint density at radius 2 is 1.70 bits per heavy atom. The Balaban J connectivity index is 1.96. The molecule has 1 N–H and O–H groups in total. The number of benzene rings is 1. The molecule has 0 radical (unpaired) electrons. The second-order valence-corrected chi connectivity index (χ2v) is 5.01. The van der Waals surface area contributed by atoms with E-state index in [2.05, 4.69) is 10.1 Å². The molecule has 0 bridgehead atoms. The van der Waals surface area contributed by atoms with Gasteiger partial charge in [0.1, 0.15) is 22.8 Å². The van der Waals surface area contributed by atoms with Crippen LogP contribution in [-0.4, -0.2) is 21.7 Å². The number of pyridine rings is 1. The van der Waals surface area contributed by atoms with Gasteiger partial charge in [-0.2, -0.15) is 0 Å². The van der Waals surface area contributed by atoms with Crippen LogP contribution >= 0.6 is 0 Å². The van der Waals surface area contributed by atoms with Crippen molar-refractivity contribution in [3.05, 3.63) is 75.2 Å². The predicted octanol–water partition coefficient (Wildman–Crippen LogP) is 1.94. The molecule has 0 saturated carbocycles. The smallest absolute Gasteiger partial charge is 0.248 e. The summed E-state index contributed by atoms with van der Waals surface area (Å²) in [6.07, 6.45) is 0. The van der Waals surface area contributed by atoms with Gasteiger partial charge in [-0.05, 0) is 30.3 Å². The highest BCUT2D eigenvalue weighted by Crippen LogP contribution is 2.33. The van der Waals surface area contributed by atoms with E-state index in [9.17, 15) is 18.8 Å². The lowest BCUT2D eigenvalue weighted by Gasteiger charge is -2.12. The lowest BCUT2D eigenvalue weighted by atomic mass is 9.89. The third-order valence-corrected chi connectivity index (χ3v) is 3.63. The standard InChI is InChI=1S/C16H7FN2O4/c17-8-3-1-7(2-4-8)12-11-15(22)13-9(5-6-10(20)18-13)14(21)16(11)23-19-12/h1-6H,(H,18,20). The molecule has 2 aromatic heterocycles. The second-order valence-electron chi connectivity index (χ2n) is 5.01. The third-order valence-electron chi connectivity index (χ3n) is 3.63. The van der Waals surface area contributed by atoms with Crippen LogP contribution in [0.5, 0.6) is 0 Å². The first kappa shape index (κ1) is 13.3. The third kappa shape index (κ3) is 1.87. The van der Waals surface area contributed by atoms with E-state index in [1.807, 2.05) is 0 Å². The van der Waals surface area contributed by atoms with Crippen LogP contribution in [0.4, 0.5) is 4.39 Å². The van der Waals surface area contributed by atoms with Gasteiger partial charge in [-0.1, -0.05) is 5.16 Å². The molecule has 0 aliphatic heterocycles. The molecule has 4 rings (SSSR count). The number of H-pyrrole nitrogens is 1. The van der Waals surface area contributed by atoms with Gasteiger partial charge < -0.3 is 9.51 Å². The summed E-state index contributed by atoms with van der Waals surface area (Å²) in [5, 5.41) is 3.77. The number of rotatable bonds is 1. The first-order chi connectivity index (χ1) is 11.1. The number of halogens is 1. The fraction of sp³-hybridized carbons (Fsp3) is 0. The Morgan fingerprint density at radius 3 is 2.43 bits per heavy atom. The molecular weight excluding hydrogens is 303 g/mol. The number of fused-ring (bicyclic) bond motifs is 2. The minimum atomic E-state index is -0.562. The Kier molecular flexibility index (Phi) is 2.65. The summed E-state index contributed by atoms with van der Waals surface area (Å²) in [5.74, 6) is -1.73. The SMILES string of the molecule is O=C1c2ccc(=O)[nH]c2C(=O)c2c(-c3ccc(F)cc3)noc21. The van der Waals surface area contributed by atoms with E-state index in [1.54, 1.807) is 0 Å². The molecule has 0 spiro atoms. The summed E-state index contributed by atoms with van der Waals surface area (Å²) in [6, 6.07) is 7.70. The van der Waals surface area contributed by atoms with Gasteiger partial charge in [0, 0.05) is 11.6 Å². The number of carbonyl (C=O) groups excluding carboxylic acids is 2. The maximum absolute atomic E-state index is 13.0. The van der Waals surface area contributed by atoms with Crippen LogP contribution in [0.25, 0.3) is 11.3 Å². The second kappa shape index (κ2) is 4.57. The van der Waals surface area contributed by atoms with Gasteiger partial charge in [-0.3, -0.25) is 14.4 Å². The first-order valence-corrected chi connectivity index (χ1v) is 6.64. The average Bonchev–Trinajstić information content (AvgIpc) is 2.98. The number of ketones is 2. The van der Waals surface area contributed by atoms with Gasteiger partial charge in [0.2, 0.25) is 22.9 Å². The normalized spacial score (nSPS) is 12.9. The molecule has 112 valence electrons. The summed E-state index contributed by atoms with van der Waals surface area (Å²) in [4.78, 5) is 38.8. The van der Waals surface area contributed by atoms with Crippen molar-refractivity contribution in [3.63, 3.8) is 0 Å². The van der Waals surface area contributed by atoms with E-state index in [-0.39, 0.29) is 28.3 Å². The highest BCUT2D eigenvalue weighted by atomic mass is 19.1. The molecule has 1 aliphatic rings. The first-order valence-electron chi connectivity index (χ1n) is 6.64. The fourth-order valence-corrected chi connectivity index (χ4v) is 2.55. The Morgan fingerprint density at radius 1 is 0.957 bits per heavy atom. The van der Waals surface area contributed by atoms with Crippen LogP contribution in [-0.2, 0) is 0 Å². The van der Waals surface area contributed by atoms with Gasteiger partial charge >= 0.3 is 0 Å². The lowest BCUT2D eigenvalue weighted by Crippen LogP contribution is -2.24. The van der Waals surface area contributed by atoms with Crippen molar-refractivity contribution in [1.82, 2.24) is 10.1 Å². The number of hydrogen-bond acceptors (Lipinski definition) is 5. The zero-order valence-electron chi connectivity index (χ0n) is 11.4. The molecule has 0 saturated heterocycles. The summed E-state index contributed by atoms with van der Waals surface area (Å²) >= 11 is 0. The Bertz CT molecular complexity index is 1030. The molecule has 2 heterocycles. The summed E-state index contributed by atoms with van der Waals surface area (Å²) in [6.45, 7) is 0. The molecule has 6 nitrogen and oxygen atoms in total. The van der Waals surface area contributed by atoms with Crippen LogP contribution in [0, 0.1) is 5.82 Å². The van der Waals surface area contributed by atoms with Gasteiger partial charge in [0.25, 0.3) is 0 Å². The van der Waals surface area contributed by atoms with Crippen molar-refractivity contribution >= 4 is 11.6 Å². The van der Waals surface area contributed by atoms with Crippen LogP contribution in [0.15, 0.2) is 45.7 Å². The quantitative estimate of drug-likeness (QED) is 0.580. The minimum Gasteiger partial charge on any atom is -0.351 e. The Labute approximate surface area is 127 Å². The van der Waals surface area contributed by atoms with Gasteiger partial charge in [0.05, 0.1) is 5.56 Å². The zero-order chi connectivity index (χ0) is 16.1. The predicted molar refractivity (Wildman–Crippen MR) is 75.8 cm³/mol. The number of aromatic amines is 1. The summed E-state index contributed by atoms with van der Waals surface area (Å²) in [7, 11) is 0. The van der Waals surface area contributed by atoms with E-state index < -0.39 is 22.9 Å².